The first kappa shape index (κ1) is 13.0. The average Bonchev–Trinajstić information content (AvgIpc) is 2.75. The predicted molar refractivity (Wildman–Crippen MR) is 68.4 cm³/mol. The lowest BCUT2D eigenvalue weighted by Crippen LogP contribution is -2.43. The van der Waals surface area contributed by atoms with Crippen LogP contribution in [0.5, 0.6) is 0 Å². The van der Waals surface area contributed by atoms with Gasteiger partial charge in [0.2, 0.25) is 0 Å². The van der Waals surface area contributed by atoms with Crippen molar-refractivity contribution in [2.75, 3.05) is 26.2 Å². The van der Waals surface area contributed by atoms with Gasteiger partial charge in [0, 0.05) is 26.2 Å². The van der Waals surface area contributed by atoms with Crippen molar-refractivity contribution >= 4 is 5.91 Å². The maximum atomic E-state index is 12.3. The van der Waals surface area contributed by atoms with Gasteiger partial charge in [0.15, 0.2) is 5.69 Å². The normalized spacial score (nSPS) is 15.4. The van der Waals surface area contributed by atoms with Crippen LogP contribution in [0.2, 0.25) is 0 Å². The second-order valence-corrected chi connectivity index (χ2v) is 4.69. The van der Waals surface area contributed by atoms with Gasteiger partial charge in [-0.15, -0.1) is 5.10 Å². The number of hydrogen-bond acceptors (Lipinski definition) is 4. The van der Waals surface area contributed by atoms with Gasteiger partial charge < -0.3 is 10.2 Å². The molecule has 18 heavy (non-hydrogen) atoms. The second-order valence-electron chi connectivity index (χ2n) is 4.69. The van der Waals surface area contributed by atoms with E-state index in [1.54, 1.807) is 10.9 Å². The standard InChI is InChI=1S/C12H21N5O/c1-3-5-16(6-4-2)12(18)11-9-17(15-14-11)10-7-13-8-10/h9-10,13H,3-8H2,1-2H3. The Kier molecular flexibility index (Phi) is 4.30. The van der Waals surface area contributed by atoms with Crippen LogP contribution < -0.4 is 5.32 Å². The van der Waals surface area contributed by atoms with E-state index in [1.807, 2.05) is 4.90 Å². The van der Waals surface area contributed by atoms with E-state index in [1.165, 1.54) is 0 Å². The van der Waals surface area contributed by atoms with E-state index in [0.717, 1.165) is 39.0 Å². The molecule has 1 fully saturated rings. The van der Waals surface area contributed by atoms with Crippen LogP contribution in [-0.4, -0.2) is 52.0 Å². The maximum absolute atomic E-state index is 12.3. The number of amides is 1. The first-order valence-corrected chi connectivity index (χ1v) is 6.68. The number of carbonyl (C=O) groups excluding carboxylic acids is 1. The van der Waals surface area contributed by atoms with Crippen LogP contribution in [0.3, 0.4) is 0 Å². The molecular weight excluding hydrogens is 230 g/mol. The van der Waals surface area contributed by atoms with E-state index in [4.69, 9.17) is 0 Å². The second kappa shape index (κ2) is 5.95. The highest BCUT2D eigenvalue weighted by Gasteiger charge is 2.23. The minimum Gasteiger partial charge on any atom is -0.337 e. The fraction of sp³-hybridized carbons (Fsp3) is 0.750. The molecule has 1 N–H and O–H groups in total. The lowest BCUT2D eigenvalue weighted by atomic mass is 10.2. The highest BCUT2D eigenvalue weighted by molar-refractivity contribution is 5.91. The molecule has 0 atom stereocenters. The zero-order valence-corrected chi connectivity index (χ0v) is 11.1. The summed E-state index contributed by atoms with van der Waals surface area (Å²) in [6.07, 6.45) is 3.70. The molecule has 0 radical (unpaired) electrons. The summed E-state index contributed by atoms with van der Waals surface area (Å²) in [6, 6.07) is 0.352. The molecule has 0 saturated carbocycles. The molecule has 0 aromatic carbocycles. The van der Waals surface area contributed by atoms with Gasteiger partial charge in [-0.05, 0) is 12.8 Å². The molecule has 1 aromatic heterocycles. The summed E-state index contributed by atoms with van der Waals surface area (Å²) >= 11 is 0. The van der Waals surface area contributed by atoms with Crippen LogP contribution >= 0.6 is 0 Å². The third kappa shape index (κ3) is 2.69. The summed E-state index contributed by atoms with van der Waals surface area (Å²) in [5.74, 6) is -0.00256. The van der Waals surface area contributed by atoms with Crippen LogP contribution in [0, 0.1) is 0 Å². The van der Waals surface area contributed by atoms with E-state index >= 15 is 0 Å². The number of nitrogens with zero attached hydrogens (tertiary/aromatic N) is 4. The van der Waals surface area contributed by atoms with E-state index < -0.39 is 0 Å². The van der Waals surface area contributed by atoms with E-state index in [2.05, 4.69) is 29.5 Å². The van der Waals surface area contributed by atoms with Crippen molar-refractivity contribution in [3.8, 4) is 0 Å². The van der Waals surface area contributed by atoms with Crippen LogP contribution in [0.1, 0.15) is 43.2 Å². The molecule has 0 unspecified atom stereocenters. The first-order chi connectivity index (χ1) is 8.76. The van der Waals surface area contributed by atoms with Gasteiger partial charge in [-0.1, -0.05) is 19.1 Å². The molecule has 1 aliphatic rings. The van der Waals surface area contributed by atoms with Crippen LogP contribution in [0.15, 0.2) is 6.20 Å². The molecule has 1 saturated heterocycles. The fourth-order valence-electron chi connectivity index (χ4n) is 2.03. The van der Waals surface area contributed by atoms with Gasteiger partial charge in [-0.2, -0.15) is 0 Å². The summed E-state index contributed by atoms with van der Waals surface area (Å²) < 4.78 is 1.79. The Morgan fingerprint density at radius 1 is 1.44 bits per heavy atom. The Labute approximate surface area is 107 Å². The van der Waals surface area contributed by atoms with Gasteiger partial charge in [-0.3, -0.25) is 4.79 Å². The lowest BCUT2D eigenvalue weighted by molar-refractivity contribution is 0.0749. The van der Waals surface area contributed by atoms with E-state index in [9.17, 15) is 4.79 Å². The summed E-state index contributed by atoms with van der Waals surface area (Å²) in [7, 11) is 0. The Morgan fingerprint density at radius 2 is 2.11 bits per heavy atom. The Morgan fingerprint density at radius 3 is 2.61 bits per heavy atom. The number of aromatic nitrogens is 3. The predicted octanol–water partition coefficient (Wildman–Crippen LogP) is 0.685. The maximum Gasteiger partial charge on any atom is 0.276 e. The minimum atomic E-state index is -0.00256. The van der Waals surface area contributed by atoms with Crippen LogP contribution in [0.4, 0.5) is 0 Å². The average molecular weight is 251 g/mol. The molecule has 6 heteroatoms. The van der Waals surface area contributed by atoms with Crippen molar-refractivity contribution in [2.24, 2.45) is 0 Å². The minimum absolute atomic E-state index is 0.00256. The van der Waals surface area contributed by atoms with Gasteiger partial charge in [-0.25, -0.2) is 4.68 Å². The third-order valence-electron chi connectivity index (χ3n) is 3.14. The molecule has 6 nitrogen and oxygen atoms in total. The molecule has 1 aromatic rings. The highest BCUT2D eigenvalue weighted by atomic mass is 16.2. The molecule has 1 aliphatic heterocycles. The summed E-state index contributed by atoms with van der Waals surface area (Å²) in [4.78, 5) is 14.1. The van der Waals surface area contributed by atoms with Gasteiger partial charge >= 0.3 is 0 Å². The Hall–Kier alpha value is -1.43. The summed E-state index contributed by atoms with van der Waals surface area (Å²) in [5, 5.41) is 11.2. The van der Waals surface area contributed by atoms with Crippen molar-refractivity contribution in [1.82, 2.24) is 25.2 Å². The molecule has 100 valence electrons. The molecule has 1 amide bonds. The smallest absolute Gasteiger partial charge is 0.276 e. The van der Waals surface area contributed by atoms with E-state index in [0.29, 0.717) is 11.7 Å². The topological polar surface area (TPSA) is 63.1 Å². The zero-order chi connectivity index (χ0) is 13.0. The van der Waals surface area contributed by atoms with Gasteiger partial charge in [0.1, 0.15) is 0 Å². The SMILES string of the molecule is CCCN(CCC)C(=O)c1cn(C2CNC2)nn1. The third-order valence-corrected chi connectivity index (χ3v) is 3.14. The van der Waals surface area contributed by atoms with E-state index in [-0.39, 0.29) is 5.91 Å². The molecule has 2 heterocycles. The number of nitrogens with one attached hydrogen (secondary N) is 1. The van der Waals surface area contributed by atoms with Crippen molar-refractivity contribution in [3.63, 3.8) is 0 Å². The molecule has 0 aliphatic carbocycles. The highest BCUT2D eigenvalue weighted by Crippen LogP contribution is 2.11. The molecular formula is C12H21N5O. The Balaban J connectivity index is 2.03. The molecule has 0 spiro atoms. The lowest BCUT2D eigenvalue weighted by Gasteiger charge is -2.26. The van der Waals surface area contributed by atoms with Crippen LogP contribution in [-0.2, 0) is 0 Å². The monoisotopic (exact) mass is 251 g/mol. The molecule has 2 rings (SSSR count). The van der Waals surface area contributed by atoms with Crippen molar-refractivity contribution < 1.29 is 4.79 Å². The Bertz CT molecular complexity index is 393. The number of hydrogen-bond donors (Lipinski definition) is 1. The number of carbonyl (C=O) groups is 1. The van der Waals surface area contributed by atoms with Crippen molar-refractivity contribution in [2.45, 2.75) is 32.7 Å². The summed E-state index contributed by atoms with van der Waals surface area (Å²) in [6.45, 7) is 7.53. The van der Waals surface area contributed by atoms with Gasteiger partial charge in [0.05, 0.1) is 12.2 Å². The zero-order valence-electron chi connectivity index (χ0n) is 11.1. The van der Waals surface area contributed by atoms with Crippen molar-refractivity contribution in [1.29, 1.82) is 0 Å². The van der Waals surface area contributed by atoms with Gasteiger partial charge in [0.25, 0.3) is 5.91 Å². The fourth-order valence-corrected chi connectivity index (χ4v) is 2.03. The quantitative estimate of drug-likeness (QED) is 0.808. The number of rotatable bonds is 6. The largest absolute Gasteiger partial charge is 0.337 e. The molecule has 0 bridgehead atoms. The summed E-state index contributed by atoms with van der Waals surface area (Å²) in [5.41, 5.74) is 0.462. The van der Waals surface area contributed by atoms with Crippen molar-refractivity contribution in [3.05, 3.63) is 11.9 Å². The first-order valence-electron chi connectivity index (χ1n) is 6.68. The van der Waals surface area contributed by atoms with Crippen LogP contribution in [0.25, 0.3) is 0 Å².